The SMILES string of the molecule is Cc1ccc2c(c1)C(=O)NCCN(CC1CCC(=O)O1)CCCC(=O)NCCO2. The first kappa shape index (κ1) is 21.1. The standard InChI is InChI=1S/C21H29N3O5/c1-15-4-6-18-17(13-15)21(27)23-8-11-24(14-16-5-7-20(26)29-16)10-2-3-19(25)22-9-12-28-18/h4,6,13,16H,2-3,5,7-12,14H2,1H3,(H,22,25)(H,23,27). The van der Waals surface area contributed by atoms with Crippen LogP contribution in [-0.4, -0.2) is 68.1 Å². The monoisotopic (exact) mass is 403 g/mol. The third kappa shape index (κ3) is 6.45. The number of carbonyl (C=O) groups is 3. The van der Waals surface area contributed by atoms with Gasteiger partial charge in [0.25, 0.3) is 5.91 Å². The average Bonchev–Trinajstić information content (AvgIpc) is 3.09. The number of carbonyl (C=O) groups excluding carboxylic acids is 3. The number of rotatable bonds is 2. The lowest BCUT2D eigenvalue weighted by Gasteiger charge is -2.25. The van der Waals surface area contributed by atoms with Crippen molar-refractivity contribution in [1.29, 1.82) is 0 Å². The van der Waals surface area contributed by atoms with Gasteiger partial charge in [-0.05, 0) is 38.4 Å². The van der Waals surface area contributed by atoms with Gasteiger partial charge in [0.05, 0.1) is 12.1 Å². The number of amides is 2. The maximum absolute atomic E-state index is 12.7. The molecule has 2 heterocycles. The van der Waals surface area contributed by atoms with E-state index < -0.39 is 0 Å². The van der Waals surface area contributed by atoms with Gasteiger partial charge in [0.15, 0.2) is 0 Å². The summed E-state index contributed by atoms with van der Waals surface area (Å²) in [6.45, 7) is 4.99. The molecule has 1 aromatic rings. The molecule has 1 saturated heterocycles. The zero-order valence-corrected chi connectivity index (χ0v) is 16.9. The average molecular weight is 403 g/mol. The van der Waals surface area contributed by atoms with Crippen LogP contribution in [0.4, 0.5) is 0 Å². The van der Waals surface area contributed by atoms with Crippen molar-refractivity contribution in [3.8, 4) is 5.75 Å². The zero-order valence-electron chi connectivity index (χ0n) is 16.9. The Bertz CT molecular complexity index is 752. The number of fused-ring (bicyclic) bond motifs is 1. The number of aryl methyl sites for hydroxylation is 1. The molecule has 29 heavy (non-hydrogen) atoms. The summed E-state index contributed by atoms with van der Waals surface area (Å²) in [4.78, 5) is 38.2. The Morgan fingerprint density at radius 3 is 2.76 bits per heavy atom. The van der Waals surface area contributed by atoms with Crippen LogP contribution >= 0.6 is 0 Å². The molecule has 2 aliphatic heterocycles. The van der Waals surface area contributed by atoms with Crippen molar-refractivity contribution in [2.24, 2.45) is 0 Å². The van der Waals surface area contributed by atoms with Crippen LogP contribution in [0.5, 0.6) is 5.75 Å². The molecule has 8 heteroatoms. The van der Waals surface area contributed by atoms with E-state index in [-0.39, 0.29) is 23.9 Å². The number of hydrogen-bond donors (Lipinski definition) is 2. The van der Waals surface area contributed by atoms with Gasteiger partial charge in [0.2, 0.25) is 5.91 Å². The van der Waals surface area contributed by atoms with Crippen molar-refractivity contribution < 1.29 is 23.9 Å². The molecule has 0 aliphatic carbocycles. The first-order valence-corrected chi connectivity index (χ1v) is 10.2. The highest BCUT2D eigenvalue weighted by atomic mass is 16.5. The van der Waals surface area contributed by atoms with Crippen molar-refractivity contribution in [1.82, 2.24) is 15.5 Å². The molecule has 2 aliphatic rings. The van der Waals surface area contributed by atoms with E-state index in [1.165, 1.54) is 0 Å². The minimum atomic E-state index is -0.185. The third-order valence-electron chi connectivity index (χ3n) is 5.08. The molecule has 2 amide bonds. The normalized spacial score (nSPS) is 22.4. The van der Waals surface area contributed by atoms with Crippen LogP contribution < -0.4 is 15.4 Å². The third-order valence-corrected chi connectivity index (χ3v) is 5.08. The zero-order chi connectivity index (χ0) is 20.6. The molecule has 0 bridgehead atoms. The van der Waals surface area contributed by atoms with Crippen molar-refractivity contribution in [2.75, 3.05) is 39.3 Å². The molecule has 158 valence electrons. The maximum Gasteiger partial charge on any atom is 0.306 e. The van der Waals surface area contributed by atoms with E-state index in [0.717, 1.165) is 5.56 Å². The molecule has 0 aromatic heterocycles. The molecule has 1 fully saturated rings. The van der Waals surface area contributed by atoms with Crippen LogP contribution in [-0.2, 0) is 14.3 Å². The molecule has 0 saturated carbocycles. The van der Waals surface area contributed by atoms with Crippen LogP contribution in [0.2, 0.25) is 0 Å². The second-order valence-electron chi connectivity index (χ2n) is 7.51. The van der Waals surface area contributed by atoms with Crippen molar-refractivity contribution >= 4 is 17.8 Å². The fraction of sp³-hybridized carbons (Fsp3) is 0.571. The number of nitrogens with zero attached hydrogens (tertiary/aromatic N) is 1. The van der Waals surface area contributed by atoms with Gasteiger partial charge in [-0.2, -0.15) is 0 Å². The van der Waals surface area contributed by atoms with Crippen LogP contribution in [0.1, 0.15) is 41.6 Å². The number of hydrogen-bond acceptors (Lipinski definition) is 6. The van der Waals surface area contributed by atoms with Crippen molar-refractivity contribution in [3.63, 3.8) is 0 Å². The molecule has 8 nitrogen and oxygen atoms in total. The van der Waals surface area contributed by atoms with Crippen LogP contribution in [0.3, 0.4) is 0 Å². The maximum atomic E-state index is 12.7. The van der Waals surface area contributed by atoms with E-state index in [1.807, 2.05) is 13.0 Å². The second kappa shape index (κ2) is 10.2. The van der Waals surface area contributed by atoms with E-state index in [4.69, 9.17) is 9.47 Å². The predicted octanol–water partition coefficient (Wildman–Crippen LogP) is 1.02. The fourth-order valence-corrected chi connectivity index (χ4v) is 3.57. The summed E-state index contributed by atoms with van der Waals surface area (Å²) < 4.78 is 11.1. The van der Waals surface area contributed by atoms with Crippen molar-refractivity contribution in [3.05, 3.63) is 29.3 Å². The Hall–Kier alpha value is -2.61. The lowest BCUT2D eigenvalue weighted by molar-refractivity contribution is -0.142. The summed E-state index contributed by atoms with van der Waals surface area (Å²) in [5.41, 5.74) is 1.46. The molecule has 1 unspecified atom stereocenters. The summed E-state index contributed by atoms with van der Waals surface area (Å²) >= 11 is 0. The van der Waals surface area contributed by atoms with E-state index in [9.17, 15) is 14.4 Å². The molecule has 3 rings (SSSR count). The number of esters is 1. The van der Waals surface area contributed by atoms with E-state index in [2.05, 4.69) is 15.5 Å². The molecule has 1 aromatic carbocycles. The Morgan fingerprint density at radius 1 is 1.10 bits per heavy atom. The van der Waals surface area contributed by atoms with E-state index >= 15 is 0 Å². The Balaban J connectivity index is 1.67. The van der Waals surface area contributed by atoms with Crippen LogP contribution in [0.15, 0.2) is 18.2 Å². The van der Waals surface area contributed by atoms with Gasteiger partial charge < -0.3 is 20.1 Å². The Kier molecular flexibility index (Phi) is 7.46. The Morgan fingerprint density at radius 2 is 1.97 bits per heavy atom. The first-order valence-electron chi connectivity index (χ1n) is 10.2. The second-order valence-corrected chi connectivity index (χ2v) is 7.51. The molecular formula is C21H29N3O5. The number of ether oxygens (including phenoxy) is 2. The molecular weight excluding hydrogens is 374 g/mol. The predicted molar refractivity (Wildman–Crippen MR) is 107 cm³/mol. The summed E-state index contributed by atoms with van der Waals surface area (Å²) in [7, 11) is 0. The smallest absolute Gasteiger partial charge is 0.306 e. The number of benzene rings is 1. The van der Waals surface area contributed by atoms with Gasteiger partial charge in [0.1, 0.15) is 18.5 Å². The highest BCUT2D eigenvalue weighted by Gasteiger charge is 2.25. The largest absolute Gasteiger partial charge is 0.491 e. The molecule has 2 N–H and O–H groups in total. The summed E-state index contributed by atoms with van der Waals surface area (Å²) in [6, 6.07) is 5.48. The van der Waals surface area contributed by atoms with Gasteiger partial charge in [-0.3, -0.25) is 19.3 Å². The molecule has 0 spiro atoms. The fourth-order valence-electron chi connectivity index (χ4n) is 3.57. The van der Waals surface area contributed by atoms with Gasteiger partial charge in [-0.1, -0.05) is 11.6 Å². The summed E-state index contributed by atoms with van der Waals surface area (Å²) in [5, 5.41) is 5.80. The molecule has 1 atom stereocenters. The topological polar surface area (TPSA) is 97.0 Å². The van der Waals surface area contributed by atoms with Crippen LogP contribution in [0, 0.1) is 6.92 Å². The van der Waals surface area contributed by atoms with E-state index in [1.54, 1.807) is 12.1 Å². The minimum Gasteiger partial charge on any atom is -0.491 e. The van der Waals surface area contributed by atoms with Gasteiger partial charge in [0, 0.05) is 32.5 Å². The van der Waals surface area contributed by atoms with Crippen molar-refractivity contribution in [2.45, 2.75) is 38.7 Å². The summed E-state index contributed by atoms with van der Waals surface area (Å²) in [6.07, 6.45) is 2.16. The highest BCUT2D eigenvalue weighted by Crippen LogP contribution is 2.20. The first-order chi connectivity index (χ1) is 14.0. The lowest BCUT2D eigenvalue weighted by atomic mass is 10.1. The quantitative estimate of drug-likeness (QED) is 0.716. The minimum absolute atomic E-state index is 0.0194. The lowest BCUT2D eigenvalue weighted by Crippen LogP contribution is -2.39. The van der Waals surface area contributed by atoms with Gasteiger partial charge in [-0.15, -0.1) is 0 Å². The number of cyclic esters (lactones) is 1. The van der Waals surface area contributed by atoms with Gasteiger partial charge >= 0.3 is 5.97 Å². The van der Waals surface area contributed by atoms with Crippen LogP contribution in [0.25, 0.3) is 0 Å². The van der Waals surface area contributed by atoms with E-state index in [0.29, 0.717) is 76.3 Å². The highest BCUT2D eigenvalue weighted by molar-refractivity contribution is 5.97. The Labute approximate surface area is 170 Å². The summed E-state index contributed by atoms with van der Waals surface area (Å²) in [5.74, 6) is 0.142. The van der Waals surface area contributed by atoms with Gasteiger partial charge in [-0.25, -0.2) is 0 Å². The molecule has 0 radical (unpaired) electrons. The number of nitrogens with one attached hydrogen (secondary N) is 2.